The second kappa shape index (κ2) is 8.43. The van der Waals surface area contributed by atoms with Gasteiger partial charge < -0.3 is 15.2 Å². The molecule has 118 valence electrons. The van der Waals surface area contributed by atoms with Crippen molar-refractivity contribution in [3.63, 3.8) is 0 Å². The van der Waals surface area contributed by atoms with Crippen molar-refractivity contribution in [3.8, 4) is 11.4 Å². The maximum atomic E-state index is 11.8. The molecule has 0 aliphatic carbocycles. The minimum atomic E-state index is -0.206. The first-order chi connectivity index (χ1) is 10.7. The van der Waals surface area contributed by atoms with Crippen molar-refractivity contribution in [1.29, 1.82) is 0 Å². The number of urea groups is 1. The summed E-state index contributed by atoms with van der Waals surface area (Å²) in [6, 6.07) is 7.15. The zero-order valence-electron chi connectivity index (χ0n) is 12.8. The smallest absolute Gasteiger partial charge is 0.319 e. The van der Waals surface area contributed by atoms with Crippen LogP contribution in [0.15, 0.2) is 28.8 Å². The van der Waals surface area contributed by atoms with Crippen LogP contribution in [0.1, 0.15) is 19.2 Å². The van der Waals surface area contributed by atoms with Gasteiger partial charge in [-0.05, 0) is 30.1 Å². The van der Waals surface area contributed by atoms with Gasteiger partial charge >= 0.3 is 6.03 Å². The Bertz CT molecular complexity index is 615. The van der Waals surface area contributed by atoms with Crippen molar-refractivity contribution in [2.75, 3.05) is 23.4 Å². The lowest BCUT2D eigenvalue weighted by Crippen LogP contribution is -2.29. The minimum absolute atomic E-state index is 0.206. The van der Waals surface area contributed by atoms with Gasteiger partial charge in [-0.15, -0.1) is 0 Å². The van der Waals surface area contributed by atoms with E-state index in [0.717, 1.165) is 23.5 Å². The number of hydrogen-bond acceptors (Lipinski definition) is 5. The molecule has 0 atom stereocenters. The third-order valence-corrected chi connectivity index (χ3v) is 3.85. The van der Waals surface area contributed by atoms with Crippen LogP contribution >= 0.6 is 11.8 Å². The lowest BCUT2D eigenvalue weighted by Gasteiger charge is -2.08. The number of nitrogens with one attached hydrogen (secondary N) is 2. The van der Waals surface area contributed by atoms with Gasteiger partial charge in [-0.25, -0.2) is 4.79 Å². The lowest BCUT2D eigenvalue weighted by atomic mass is 10.2. The Labute approximate surface area is 134 Å². The van der Waals surface area contributed by atoms with Gasteiger partial charge in [-0.2, -0.15) is 16.7 Å². The van der Waals surface area contributed by atoms with Gasteiger partial charge in [0, 0.05) is 24.7 Å². The molecule has 1 aromatic heterocycles. The summed E-state index contributed by atoms with van der Waals surface area (Å²) in [4.78, 5) is 16.0. The number of carbonyl (C=O) groups is 1. The third-order valence-electron chi connectivity index (χ3n) is 2.86. The van der Waals surface area contributed by atoms with Crippen LogP contribution in [0.4, 0.5) is 10.5 Å². The predicted octanol–water partition coefficient (Wildman–Crippen LogP) is 3.31. The Morgan fingerprint density at radius 1 is 1.41 bits per heavy atom. The van der Waals surface area contributed by atoms with Crippen molar-refractivity contribution < 1.29 is 9.32 Å². The topological polar surface area (TPSA) is 80.0 Å². The molecule has 0 radical (unpaired) electrons. The highest BCUT2D eigenvalue weighted by molar-refractivity contribution is 7.99. The van der Waals surface area contributed by atoms with Gasteiger partial charge in [0.05, 0.1) is 0 Å². The standard InChI is InChI=1S/C15H20N4O2S/c1-3-22-9-5-8-16-15(20)18-13-7-4-6-12(10-13)14-17-11(2)21-19-14/h4,6-7,10H,3,5,8-9H2,1-2H3,(H2,16,18,20). The molecule has 0 fully saturated rings. The molecule has 2 N–H and O–H groups in total. The van der Waals surface area contributed by atoms with E-state index in [0.29, 0.717) is 23.9 Å². The van der Waals surface area contributed by atoms with Gasteiger partial charge in [0.2, 0.25) is 11.7 Å². The summed E-state index contributed by atoms with van der Waals surface area (Å²) in [5.74, 6) is 3.19. The van der Waals surface area contributed by atoms with Gasteiger partial charge in [0.25, 0.3) is 0 Å². The molecule has 0 saturated heterocycles. The Kier molecular flexibility index (Phi) is 6.27. The molecule has 6 nitrogen and oxygen atoms in total. The molecule has 0 unspecified atom stereocenters. The quantitative estimate of drug-likeness (QED) is 0.765. The number of anilines is 1. The summed E-state index contributed by atoms with van der Waals surface area (Å²) in [6.07, 6.45) is 0.966. The van der Waals surface area contributed by atoms with Crippen LogP contribution in [-0.4, -0.2) is 34.2 Å². The summed E-state index contributed by atoms with van der Waals surface area (Å²) in [5.41, 5.74) is 1.49. The van der Waals surface area contributed by atoms with E-state index < -0.39 is 0 Å². The zero-order chi connectivity index (χ0) is 15.8. The number of aromatic nitrogens is 2. The Hall–Kier alpha value is -2.02. The van der Waals surface area contributed by atoms with Crippen molar-refractivity contribution >= 4 is 23.5 Å². The van der Waals surface area contributed by atoms with Gasteiger partial charge in [0.15, 0.2) is 0 Å². The number of thioether (sulfide) groups is 1. The molecule has 2 amide bonds. The zero-order valence-corrected chi connectivity index (χ0v) is 13.6. The Morgan fingerprint density at radius 3 is 3.00 bits per heavy atom. The van der Waals surface area contributed by atoms with Crippen molar-refractivity contribution in [2.24, 2.45) is 0 Å². The van der Waals surface area contributed by atoms with Crippen molar-refractivity contribution in [2.45, 2.75) is 20.3 Å². The highest BCUT2D eigenvalue weighted by atomic mass is 32.2. The first-order valence-electron chi connectivity index (χ1n) is 7.22. The van der Waals surface area contributed by atoms with Gasteiger partial charge in [-0.3, -0.25) is 0 Å². The number of benzene rings is 1. The highest BCUT2D eigenvalue weighted by Crippen LogP contribution is 2.19. The number of rotatable bonds is 7. The van der Waals surface area contributed by atoms with E-state index in [4.69, 9.17) is 4.52 Å². The molecule has 1 aromatic carbocycles. The highest BCUT2D eigenvalue weighted by Gasteiger charge is 2.07. The Morgan fingerprint density at radius 2 is 2.27 bits per heavy atom. The molecule has 2 rings (SSSR count). The maximum absolute atomic E-state index is 11.8. The fourth-order valence-electron chi connectivity index (χ4n) is 1.85. The second-order valence-corrected chi connectivity index (χ2v) is 6.04. The number of aryl methyl sites for hydroxylation is 1. The first kappa shape index (κ1) is 16.4. The molecular formula is C15H20N4O2S. The van der Waals surface area contributed by atoms with Gasteiger partial charge in [-0.1, -0.05) is 24.2 Å². The largest absolute Gasteiger partial charge is 0.339 e. The number of carbonyl (C=O) groups excluding carboxylic acids is 1. The molecule has 0 bridgehead atoms. The van der Waals surface area contributed by atoms with Crippen molar-refractivity contribution in [1.82, 2.24) is 15.5 Å². The van der Waals surface area contributed by atoms with Crippen LogP contribution in [0.3, 0.4) is 0 Å². The van der Waals surface area contributed by atoms with Crippen LogP contribution in [0.5, 0.6) is 0 Å². The fraction of sp³-hybridized carbons (Fsp3) is 0.400. The van der Waals surface area contributed by atoms with E-state index in [-0.39, 0.29) is 6.03 Å². The van der Waals surface area contributed by atoms with Crippen LogP contribution in [0.25, 0.3) is 11.4 Å². The van der Waals surface area contributed by atoms with E-state index in [1.807, 2.05) is 36.0 Å². The molecule has 1 heterocycles. The summed E-state index contributed by atoms with van der Waals surface area (Å²) in [7, 11) is 0. The molecule has 2 aromatic rings. The van der Waals surface area contributed by atoms with Crippen LogP contribution < -0.4 is 10.6 Å². The van der Waals surface area contributed by atoms with Crippen LogP contribution in [0, 0.1) is 6.92 Å². The third kappa shape index (κ3) is 5.07. The summed E-state index contributed by atoms with van der Waals surface area (Å²) in [5, 5.41) is 9.51. The van der Waals surface area contributed by atoms with Crippen molar-refractivity contribution in [3.05, 3.63) is 30.2 Å². The van der Waals surface area contributed by atoms with E-state index in [9.17, 15) is 4.79 Å². The molecule has 0 spiro atoms. The molecular weight excluding hydrogens is 300 g/mol. The monoisotopic (exact) mass is 320 g/mol. The van der Waals surface area contributed by atoms with Crippen LogP contribution in [-0.2, 0) is 0 Å². The average Bonchev–Trinajstić information content (AvgIpc) is 2.94. The summed E-state index contributed by atoms with van der Waals surface area (Å²) >= 11 is 1.87. The fourth-order valence-corrected chi connectivity index (χ4v) is 2.49. The van der Waals surface area contributed by atoms with E-state index in [1.54, 1.807) is 6.92 Å². The molecule has 0 saturated carbocycles. The SMILES string of the molecule is CCSCCCNC(=O)Nc1cccc(-c2noc(C)n2)c1. The molecule has 22 heavy (non-hydrogen) atoms. The Balaban J connectivity index is 1.86. The van der Waals surface area contributed by atoms with E-state index >= 15 is 0 Å². The predicted molar refractivity (Wildman–Crippen MR) is 89.1 cm³/mol. The van der Waals surface area contributed by atoms with E-state index in [1.165, 1.54) is 0 Å². The van der Waals surface area contributed by atoms with Crippen LogP contribution in [0.2, 0.25) is 0 Å². The number of nitrogens with zero attached hydrogens (tertiary/aromatic N) is 2. The normalized spacial score (nSPS) is 10.5. The number of amides is 2. The molecule has 7 heteroatoms. The summed E-state index contributed by atoms with van der Waals surface area (Å²) < 4.78 is 4.96. The van der Waals surface area contributed by atoms with Gasteiger partial charge in [0.1, 0.15) is 0 Å². The lowest BCUT2D eigenvalue weighted by molar-refractivity contribution is 0.252. The first-order valence-corrected chi connectivity index (χ1v) is 8.38. The average molecular weight is 320 g/mol. The summed E-state index contributed by atoms with van der Waals surface area (Å²) in [6.45, 7) is 4.54. The number of hydrogen-bond donors (Lipinski definition) is 2. The van der Waals surface area contributed by atoms with E-state index in [2.05, 4.69) is 27.7 Å². The maximum Gasteiger partial charge on any atom is 0.319 e. The molecule has 0 aliphatic heterocycles. The molecule has 0 aliphatic rings. The second-order valence-electron chi connectivity index (χ2n) is 4.65. The minimum Gasteiger partial charge on any atom is -0.339 e.